The van der Waals surface area contributed by atoms with E-state index in [0.717, 1.165) is 16.6 Å². The third kappa shape index (κ3) is 3.20. The number of aromatic amines is 1. The van der Waals surface area contributed by atoms with Crippen molar-refractivity contribution >= 4 is 32.7 Å². The predicted octanol–water partition coefficient (Wildman–Crippen LogP) is 3.32. The fourth-order valence-corrected chi connectivity index (χ4v) is 5.77. The maximum Gasteiger partial charge on any atom is 0.326 e. The second kappa shape index (κ2) is 6.82. The number of H-pyrrole nitrogens is 1. The summed E-state index contributed by atoms with van der Waals surface area (Å²) in [5.74, 6) is 0. The molecule has 0 unspecified atom stereocenters. The Morgan fingerprint density at radius 2 is 1.81 bits per heavy atom. The highest BCUT2D eigenvalue weighted by Gasteiger charge is 2.32. The number of sulfonamides is 1. The van der Waals surface area contributed by atoms with Crippen LogP contribution in [0, 0.1) is 6.92 Å². The van der Waals surface area contributed by atoms with E-state index in [4.69, 9.17) is 11.6 Å². The molecular formula is C19H20ClN3O3S. The van der Waals surface area contributed by atoms with E-state index in [9.17, 15) is 13.2 Å². The summed E-state index contributed by atoms with van der Waals surface area (Å²) in [5.41, 5.74) is 2.41. The van der Waals surface area contributed by atoms with Crippen molar-refractivity contribution in [2.45, 2.75) is 30.7 Å². The van der Waals surface area contributed by atoms with E-state index in [1.165, 1.54) is 4.31 Å². The molecule has 8 heteroatoms. The largest absolute Gasteiger partial charge is 0.326 e. The van der Waals surface area contributed by atoms with Crippen LogP contribution in [-0.2, 0) is 10.0 Å². The van der Waals surface area contributed by atoms with Crippen molar-refractivity contribution in [2.24, 2.45) is 0 Å². The molecule has 0 spiro atoms. The molecule has 4 rings (SSSR count). The van der Waals surface area contributed by atoms with E-state index in [0.29, 0.717) is 25.9 Å². The lowest BCUT2D eigenvalue weighted by Crippen LogP contribution is -2.40. The summed E-state index contributed by atoms with van der Waals surface area (Å²) < 4.78 is 29.1. The summed E-state index contributed by atoms with van der Waals surface area (Å²) in [6, 6.07) is 12.5. The number of aryl methyl sites for hydroxylation is 1. The van der Waals surface area contributed by atoms with Crippen molar-refractivity contribution in [3.63, 3.8) is 0 Å². The summed E-state index contributed by atoms with van der Waals surface area (Å²) in [5, 5.41) is 0.241. The zero-order valence-corrected chi connectivity index (χ0v) is 16.4. The molecule has 1 aliphatic heterocycles. The molecule has 0 atom stereocenters. The number of nitrogens with one attached hydrogen (secondary N) is 1. The maximum absolute atomic E-state index is 13.0. The van der Waals surface area contributed by atoms with Crippen molar-refractivity contribution in [2.75, 3.05) is 13.1 Å². The first-order chi connectivity index (χ1) is 12.9. The van der Waals surface area contributed by atoms with Crippen LogP contribution < -0.4 is 5.69 Å². The molecule has 0 saturated carbocycles. The van der Waals surface area contributed by atoms with Crippen molar-refractivity contribution in [1.29, 1.82) is 0 Å². The SMILES string of the molecule is Cc1ccc(S(=O)(=O)N2CCC(n3c(=O)[nH]c4ccccc43)CC2)c(Cl)c1. The average Bonchev–Trinajstić information content (AvgIpc) is 2.97. The number of nitrogens with zero attached hydrogens (tertiary/aromatic N) is 2. The monoisotopic (exact) mass is 405 g/mol. The number of hydrogen-bond acceptors (Lipinski definition) is 3. The van der Waals surface area contributed by atoms with Gasteiger partial charge in [0.1, 0.15) is 4.90 Å². The number of aromatic nitrogens is 2. The molecule has 1 N–H and O–H groups in total. The van der Waals surface area contributed by atoms with Crippen molar-refractivity contribution < 1.29 is 8.42 Å². The van der Waals surface area contributed by atoms with Crippen LogP contribution >= 0.6 is 11.6 Å². The van der Waals surface area contributed by atoms with Gasteiger partial charge in [0.2, 0.25) is 10.0 Å². The summed E-state index contributed by atoms with van der Waals surface area (Å²) in [7, 11) is -3.65. The molecule has 1 aromatic heterocycles. The van der Waals surface area contributed by atoms with Gasteiger partial charge in [-0.25, -0.2) is 13.2 Å². The number of imidazole rings is 1. The molecule has 1 saturated heterocycles. The second-order valence-corrected chi connectivity index (χ2v) is 9.20. The van der Waals surface area contributed by atoms with Crippen molar-refractivity contribution in [3.05, 3.63) is 63.5 Å². The lowest BCUT2D eigenvalue weighted by molar-refractivity contribution is 0.274. The van der Waals surface area contributed by atoms with Gasteiger partial charge in [-0.15, -0.1) is 0 Å². The highest BCUT2D eigenvalue weighted by Crippen LogP contribution is 2.31. The molecule has 2 aromatic carbocycles. The summed E-state index contributed by atoms with van der Waals surface area (Å²) in [4.78, 5) is 15.4. The molecular weight excluding hydrogens is 386 g/mol. The van der Waals surface area contributed by atoms with Gasteiger partial charge in [-0.3, -0.25) is 4.57 Å². The summed E-state index contributed by atoms with van der Waals surface area (Å²) >= 11 is 6.17. The fraction of sp³-hybridized carbons (Fsp3) is 0.316. The van der Waals surface area contributed by atoms with Crippen molar-refractivity contribution in [1.82, 2.24) is 13.9 Å². The van der Waals surface area contributed by atoms with Gasteiger partial charge < -0.3 is 4.98 Å². The Labute approximate surface area is 162 Å². The van der Waals surface area contributed by atoms with Gasteiger partial charge in [0, 0.05) is 19.1 Å². The number of piperidine rings is 1. The first-order valence-electron chi connectivity index (χ1n) is 8.83. The molecule has 0 amide bonds. The minimum Gasteiger partial charge on any atom is -0.306 e. The number of benzene rings is 2. The maximum atomic E-state index is 13.0. The minimum atomic E-state index is -3.65. The van der Waals surface area contributed by atoms with Gasteiger partial charge in [-0.2, -0.15) is 4.31 Å². The molecule has 0 radical (unpaired) electrons. The average molecular weight is 406 g/mol. The van der Waals surface area contributed by atoms with E-state index in [2.05, 4.69) is 4.98 Å². The summed E-state index contributed by atoms with van der Waals surface area (Å²) in [6.45, 7) is 2.57. The zero-order valence-electron chi connectivity index (χ0n) is 14.9. The molecule has 1 aliphatic rings. The first-order valence-corrected chi connectivity index (χ1v) is 10.7. The van der Waals surface area contributed by atoms with Crippen LogP contribution in [-0.4, -0.2) is 35.4 Å². The minimum absolute atomic E-state index is 0.0337. The normalized spacial score (nSPS) is 16.8. The molecule has 27 heavy (non-hydrogen) atoms. The van der Waals surface area contributed by atoms with E-state index < -0.39 is 10.0 Å². The van der Waals surface area contributed by atoms with Gasteiger partial charge >= 0.3 is 5.69 Å². The van der Waals surface area contributed by atoms with Crippen LogP contribution in [0.25, 0.3) is 11.0 Å². The van der Waals surface area contributed by atoms with Crippen LogP contribution in [0.2, 0.25) is 5.02 Å². The second-order valence-electron chi connectivity index (χ2n) is 6.89. The highest BCUT2D eigenvalue weighted by atomic mass is 35.5. The van der Waals surface area contributed by atoms with Crippen LogP contribution in [0.5, 0.6) is 0 Å². The number of halogens is 1. The van der Waals surface area contributed by atoms with Crippen LogP contribution in [0.4, 0.5) is 0 Å². The van der Waals surface area contributed by atoms with Crippen LogP contribution in [0.15, 0.2) is 52.2 Å². The molecule has 3 aromatic rings. The smallest absolute Gasteiger partial charge is 0.306 e. The van der Waals surface area contributed by atoms with E-state index in [1.54, 1.807) is 22.8 Å². The zero-order chi connectivity index (χ0) is 19.2. The Morgan fingerprint density at radius 1 is 1.11 bits per heavy atom. The molecule has 1 fully saturated rings. The van der Waals surface area contributed by atoms with E-state index >= 15 is 0 Å². The predicted molar refractivity (Wildman–Crippen MR) is 106 cm³/mol. The third-order valence-electron chi connectivity index (χ3n) is 5.12. The van der Waals surface area contributed by atoms with Gasteiger partial charge in [0.25, 0.3) is 0 Å². The summed E-state index contributed by atoms with van der Waals surface area (Å²) in [6.07, 6.45) is 1.15. The van der Waals surface area contributed by atoms with Gasteiger partial charge in [-0.05, 0) is 49.6 Å². The Morgan fingerprint density at radius 3 is 2.52 bits per heavy atom. The number of fused-ring (bicyclic) bond motifs is 1. The molecule has 142 valence electrons. The van der Waals surface area contributed by atoms with E-state index in [1.807, 2.05) is 31.2 Å². The first kappa shape index (κ1) is 18.3. The van der Waals surface area contributed by atoms with Crippen molar-refractivity contribution in [3.8, 4) is 0 Å². The fourth-order valence-electron chi connectivity index (χ4n) is 3.73. The topological polar surface area (TPSA) is 75.2 Å². The van der Waals surface area contributed by atoms with Gasteiger partial charge in [0.15, 0.2) is 0 Å². The Balaban J connectivity index is 1.58. The number of para-hydroxylation sites is 2. The van der Waals surface area contributed by atoms with Crippen LogP contribution in [0.3, 0.4) is 0 Å². The lowest BCUT2D eigenvalue weighted by Gasteiger charge is -2.32. The van der Waals surface area contributed by atoms with Crippen LogP contribution in [0.1, 0.15) is 24.4 Å². The molecule has 6 nitrogen and oxygen atoms in total. The Kier molecular flexibility index (Phi) is 4.61. The molecule has 0 aliphatic carbocycles. The molecule has 2 heterocycles. The standard InChI is InChI=1S/C19H20ClN3O3S/c1-13-6-7-18(15(20)12-13)27(25,26)22-10-8-14(9-11-22)23-17-5-3-2-4-16(17)21-19(23)24/h2-7,12,14H,8-11H2,1H3,(H,21,24). The Bertz CT molecular complexity index is 1160. The van der Waals surface area contributed by atoms with Gasteiger partial charge in [-0.1, -0.05) is 29.8 Å². The van der Waals surface area contributed by atoms with E-state index in [-0.39, 0.29) is 21.6 Å². The number of hydrogen-bond donors (Lipinski definition) is 1. The number of rotatable bonds is 3. The quantitative estimate of drug-likeness (QED) is 0.726. The Hall–Kier alpha value is -2.09. The van der Waals surface area contributed by atoms with Gasteiger partial charge in [0.05, 0.1) is 16.1 Å². The third-order valence-corrected chi connectivity index (χ3v) is 7.50. The highest BCUT2D eigenvalue weighted by molar-refractivity contribution is 7.89. The molecule has 0 bridgehead atoms. The lowest BCUT2D eigenvalue weighted by atomic mass is 10.1.